The molecular weight excluding hydrogens is 202 g/mol. The minimum absolute atomic E-state index is 0.629. The van der Waals surface area contributed by atoms with E-state index in [4.69, 9.17) is 4.74 Å². The third-order valence-corrected chi connectivity index (χ3v) is 2.36. The zero-order valence-electron chi connectivity index (χ0n) is 10.4. The normalized spacial score (nSPS) is 10.2. The van der Waals surface area contributed by atoms with Gasteiger partial charge in [0.25, 0.3) is 0 Å². The molecule has 0 aromatic carbocycles. The Kier molecular flexibility index (Phi) is 5.61. The average Bonchev–Trinajstić information content (AvgIpc) is 2.34. The monoisotopic (exact) mass is 223 g/mol. The standard InChI is InChI=1S/C12H21N3O/c1-4-6-7-8-13-11-9-12(16-3)15-10(5-2)14-11/h9H,4-8H2,1-3H3,(H,13,14,15). The Bertz CT molecular complexity index is 293. The predicted octanol–water partition coefficient (Wildman–Crippen LogP) is 2.65. The predicted molar refractivity (Wildman–Crippen MR) is 66.0 cm³/mol. The van der Waals surface area contributed by atoms with Crippen LogP contribution < -0.4 is 10.1 Å². The SMILES string of the molecule is CCCCCNc1cc(OC)nc(CC)n1. The quantitative estimate of drug-likeness (QED) is 0.722. The van der Waals surface area contributed by atoms with Crippen LogP contribution in [0.1, 0.15) is 38.9 Å². The van der Waals surface area contributed by atoms with Gasteiger partial charge < -0.3 is 10.1 Å². The molecule has 0 aliphatic rings. The first-order valence-electron chi connectivity index (χ1n) is 5.96. The lowest BCUT2D eigenvalue weighted by atomic mass is 10.2. The van der Waals surface area contributed by atoms with Gasteiger partial charge in [-0.1, -0.05) is 26.7 Å². The summed E-state index contributed by atoms with van der Waals surface area (Å²) in [4.78, 5) is 8.64. The number of rotatable bonds is 7. The Balaban J connectivity index is 2.57. The summed E-state index contributed by atoms with van der Waals surface area (Å²) >= 11 is 0. The van der Waals surface area contributed by atoms with Gasteiger partial charge in [-0.2, -0.15) is 4.98 Å². The number of anilines is 1. The van der Waals surface area contributed by atoms with Gasteiger partial charge in [0.15, 0.2) is 0 Å². The molecule has 0 atom stereocenters. The number of methoxy groups -OCH3 is 1. The lowest BCUT2D eigenvalue weighted by Gasteiger charge is -2.08. The van der Waals surface area contributed by atoms with Crippen LogP contribution in [0.3, 0.4) is 0 Å². The first-order chi connectivity index (χ1) is 7.80. The molecule has 0 amide bonds. The lowest BCUT2D eigenvalue weighted by molar-refractivity contribution is 0.395. The molecule has 16 heavy (non-hydrogen) atoms. The van der Waals surface area contributed by atoms with E-state index < -0.39 is 0 Å². The molecule has 0 unspecified atom stereocenters. The fraction of sp³-hybridized carbons (Fsp3) is 0.667. The molecule has 90 valence electrons. The van der Waals surface area contributed by atoms with Crippen LogP contribution in [-0.4, -0.2) is 23.6 Å². The molecule has 0 spiro atoms. The summed E-state index contributed by atoms with van der Waals surface area (Å²) < 4.78 is 5.13. The van der Waals surface area contributed by atoms with E-state index in [1.54, 1.807) is 7.11 Å². The van der Waals surface area contributed by atoms with Crippen molar-refractivity contribution in [1.82, 2.24) is 9.97 Å². The zero-order valence-corrected chi connectivity index (χ0v) is 10.4. The van der Waals surface area contributed by atoms with Gasteiger partial charge in [-0.3, -0.25) is 0 Å². The summed E-state index contributed by atoms with van der Waals surface area (Å²) in [6.45, 7) is 5.19. The second kappa shape index (κ2) is 7.04. The number of hydrogen-bond acceptors (Lipinski definition) is 4. The highest BCUT2D eigenvalue weighted by Crippen LogP contribution is 2.13. The summed E-state index contributed by atoms with van der Waals surface area (Å²) in [5.74, 6) is 2.31. The third-order valence-electron chi connectivity index (χ3n) is 2.36. The minimum Gasteiger partial charge on any atom is -0.481 e. The van der Waals surface area contributed by atoms with Crippen LogP contribution in [0.25, 0.3) is 0 Å². The van der Waals surface area contributed by atoms with Crippen molar-refractivity contribution in [3.63, 3.8) is 0 Å². The molecule has 0 aliphatic carbocycles. The van der Waals surface area contributed by atoms with Gasteiger partial charge in [0, 0.05) is 19.0 Å². The van der Waals surface area contributed by atoms with Gasteiger partial charge in [-0.25, -0.2) is 4.98 Å². The molecule has 1 aromatic rings. The number of aryl methyl sites for hydroxylation is 1. The van der Waals surface area contributed by atoms with Crippen LogP contribution in [0.5, 0.6) is 5.88 Å². The van der Waals surface area contributed by atoms with Crippen LogP contribution in [0, 0.1) is 0 Å². The molecule has 1 aromatic heterocycles. The Morgan fingerprint density at radius 2 is 2.06 bits per heavy atom. The maximum Gasteiger partial charge on any atom is 0.218 e. The molecule has 1 N–H and O–H groups in total. The van der Waals surface area contributed by atoms with Crippen molar-refractivity contribution >= 4 is 5.82 Å². The highest BCUT2D eigenvalue weighted by molar-refractivity contribution is 5.38. The Morgan fingerprint density at radius 3 is 2.69 bits per heavy atom. The number of nitrogens with zero attached hydrogens (tertiary/aromatic N) is 2. The average molecular weight is 223 g/mol. The number of ether oxygens (including phenoxy) is 1. The molecular formula is C12H21N3O. The van der Waals surface area contributed by atoms with E-state index in [0.29, 0.717) is 5.88 Å². The molecule has 0 bridgehead atoms. The van der Waals surface area contributed by atoms with Crippen molar-refractivity contribution in [2.75, 3.05) is 19.0 Å². The van der Waals surface area contributed by atoms with Gasteiger partial charge in [0.05, 0.1) is 7.11 Å². The van der Waals surface area contributed by atoms with Gasteiger partial charge in [0.1, 0.15) is 11.6 Å². The molecule has 1 rings (SSSR count). The van der Waals surface area contributed by atoms with Crippen molar-refractivity contribution in [3.05, 3.63) is 11.9 Å². The van der Waals surface area contributed by atoms with E-state index in [-0.39, 0.29) is 0 Å². The first kappa shape index (κ1) is 12.7. The lowest BCUT2D eigenvalue weighted by Crippen LogP contribution is -2.06. The van der Waals surface area contributed by atoms with Gasteiger partial charge in [-0.05, 0) is 6.42 Å². The van der Waals surface area contributed by atoms with E-state index >= 15 is 0 Å². The summed E-state index contributed by atoms with van der Waals surface area (Å²) in [5.41, 5.74) is 0. The first-order valence-corrected chi connectivity index (χ1v) is 5.96. The Morgan fingerprint density at radius 1 is 1.25 bits per heavy atom. The Hall–Kier alpha value is -1.32. The molecule has 0 aliphatic heterocycles. The zero-order chi connectivity index (χ0) is 11.8. The van der Waals surface area contributed by atoms with Crippen LogP contribution in [0.15, 0.2) is 6.07 Å². The Labute approximate surface area is 97.5 Å². The second-order valence-electron chi connectivity index (χ2n) is 3.70. The van der Waals surface area contributed by atoms with Crippen LogP contribution in [0.2, 0.25) is 0 Å². The van der Waals surface area contributed by atoms with Crippen molar-refractivity contribution in [2.24, 2.45) is 0 Å². The topological polar surface area (TPSA) is 47.0 Å². The summed E-state index contributed by atoms with van der Waals surface area (Å²) in [5, 5.41) is 3.30. The van der Waals surface area contributed by atoms with Gasteiger partial charge in [-0.15, -0.1) is 0 Å². The molecule has 0 fully saturated rings. The molecule has 0 radical (unpaired) electrons. The van der Waals surface area contributed by atoms with E-state index in [1.165, 1.54) is 19.3 Å². The highest BCUT2D eigenvalue weighted by atomic mass is 16.5. The van der Waals surface area contributed by atoms with Crippen LogP contribution >= 0.6 is 0 Å². The van der Waals surface area contributed by atoms with Gasteiger partial charge in [0.2, 0.25) is 5.88 Å². The van der Waals surface area contributed by atoms with E-state index in [1.807, 2.05) is 13.0 Å². The van der Waals surface area contributed by atoms with E-state index in [2.05, 4.69) is 22.2 Å². The van der Waals surface area contributed by atoms with E-state index in [9.17, 15) is 0 Å². The fourth-order valence-electron chi connectivity index (χ4n) is 1.42. The second-order valence-corrected chi connectivity index (χ2v) is 3.70. The van der Waals surface area contributed by atoms with Crippen molar-refractivity contribution in [1.29, 1.82) is 0 Å². The number of aromatic nitrogens is 2. The highest BCUT2D eigenvalue weighted by Gasteiger charge is 2.02. The smallest absolute Gasteiger partial charge is 0.218 e. The van der Waals surface area contributed by atoms with Crippen molar-refractivity contribution in [3.8, 4) is 5.88 Å². The number of hydrogen-bond donors (Lipinski definition) is 1. The molecule has 0 saturated heterocycles. The van der Waals surface area contributed by atoms with Gasteiger partial charge >= 0.3 is 0 Å². The molecule has 4 nitrogen and oxygen atoms in total. The van der Waals surface area contributed by atoms with Crippen LogP contribution in [0.4, 0.5) is 5.82 Å². The molecule has 4 heteroatoms. The maximum absolute atomic E-state index is 5.13. The minimum atomic E-state index is 0.629. The largest absolute Gasteiger partial charge is 0.481 e. The summed E-state index contributed by atoms with van der Waals surface area (Å²) in [7, 11) is 1.63. The number of nitrogens with one attached hydrogen (secondary N) is 1. The molecule has 0 saturated carbocycles. The summed E-state index contributed by atoms with van der Waals surface area (Å²) in [6.07, 6.45) is 4.47. The van der Waals surface area contributed by atoms with Crippen molar-refractivity contribution in [2.45, 2.75) is 39.5 Å². The fourth-order valence-corrected chi connectivity index (χ4v) is 1.42. The summed E-state index contributed by atoms with van der Waals surface area (Å²) in [6, 6.07) is 1.84. The number of unbranched alkanes of at least 4 members (excludes halogenated alkanes) is 2. The molecule has 1 heterocycles. The maximum atomic E-state index is 5.13. The van der Waals surface area contributed by atoms with Crippen LogP contribution in [-0.2, 0) is 6.42 Å². The van der Waals surface area contributed by atoms with Crippen molar-refractivity contribution < 1.29 is 4.74 Å². The third kappa shape index (κ3) is 4.04. The van der Waals surface area contributed by atoms with E-state index in [0.717, 1.165) is 24.6 Å².